The first kappa shape index (κ1) is 15.7. The Kier molecular flexibility index (Phi) is 5.25. The standard InChI is InChI=1S/C15H13N3O2.C2H6/c1-20-15(19)12-4-2-3-10(7-12)13-8-11-5-6-17-18-14(11)16-9-13;1-2/h2-4,6-9H,5H2,1H3,(H,16,18);1-2H3. The third-order valence-corrected chi connectivity index (χ3v) is 3.16. The highest BCUT2D eigenvalue weighted by atomic mass is 16.5. The van der Waals surface area contributed by atoms with E-state index in [1.54, 1.807) is 24.5 Å². The summed E-state index contributed by atoms with van der Waals surface area (Å²) in [5.41, 5.74) is 6.38. The Bertz CT molecular complexity index is 696. The van der Waals surface area contributed by atoms with Crippen molar-refractivity contribution >= 4 is 18.0 Å². The third kappa shape index (κ3) is 3.31. The van der Waals surface area contributed by atoms with Crippen LogP contribution in [-0.4, -0.2) is 24.3 Å². The van der Waals surface area contributed by atoms with Gasteiger partial charge in [-0.15, -0.1) is 0 Å². The van der Waals surface area contributed by atoms with Crippen molar-refractivity contribution in [3.8, 4) is 11.1 Å². The van der Waals surface area contributed by atoms with E-state index < -0.39 is 0 Å². The number of hydrogen-bond acceptors (Lipinski definition) is 5. The number of carbonyl (C=O) groups excluding carboxylic acids is 1. The van der Waals surface area contributed by atoms with Gasteiger partial charge in [0, 0.05) is 30.0 Å². The summed E-state index contributed by atoms with van der Waals surface area (Å²) in [6.45, 7) is 4.00. The first-order chi connectivity index (χ1) is 10.8. The van der Waals surface area contributed by atoms with E-state index in [-0.39, 0.29) is 5.97 Å². The van der Waals surface area contributed by atoms with Crippen molar-refractivity contribution in [2.45, 2.75) is 20.3 Å². The van der Waals surface area contributed by atoms with Crippen molar-refractivity contribution in [1.29, 1.82) is 0 Å². The Hall–Kier alpha value is -2.69. The number of nitrogens with one attached hydrogen (secondary N) is 1. The topological polar surface area (TPSA) is 63.6 Å². The van der Waals surface area contributed by atoms with Crippen molar-refractivity contribution in [1.82, 2.24) is 4.98 Å². The molecule has 0 fully saturated rings. The van der Waals surface area contributed by atoms with Gasteiger partial charge in [0.05, 0.1) is 12.7 Å². The highest BCUT2D eigenvalue weighted by Crippen LogP contribution is 2.25. The Labute approximate surface area is 130 Å². The predicted molar refractivity (Wildman–Crippen MR) is 88.2 cm³/mol. The molecule has 1 aromatic heterocycles. The summed E-state index contributed by atoms with van der Waals surface area (Å²) in [5, 5.41) is 3.97. The third-order valence-electron chi connectivity index (χ3n) is 3.16. The van der Waals surface area contributed by atoms with Gasteiger partial charge in [0.25, 0.3) is 0 Å². The lowest BCUT2D eigenvalue weighted by Gasteiger charge is -2.12. The molecule has 0 spiro atoms. The maximum absolute atomic E-state index is 11.6. The zero-order valence-electron chi connectivity index (χ0n) is 13.0. The van der Waals surface area contributed by atoms with Gasteiger partial charge in [0.15, 0.2) is 0 Å². The van der Waals surface area contributed by atoms with E-state index in [4.69, 9.17) is 4.74 Å². The van der Waals surface area contributed by atoms with E-state index in [9.17, 15) is 4.79 Å². The Morgan fingerprint density at radius 2 is 2.05 bits per heavy atom. The van der Waals surface area contributed by atoms with Gasteiger partial charge in [-0.25, -0.2) is 9.78 Å². The van der Waals surface area contributed by atoms with Crippen LogP contribution in [0, 0.1) is 0 Å². The van der Waals surface area contributed by atoms with Crippen LogP contribution in [0.5, 0.6) is 0 Å². The average molecular weight is 297 g/mol. The van der Waals surface area contributed by atoms with E-state index in [1.165, 1.54) is 7.11 Å². The minimum atomic E-state index is -0.341. The molecule has 1 aromatic carbocycles. The molecule has 0 saturated carbocycles. The second-order valence-corrected chi connectivity index (χ2v) is 4.43. The molecule has 5 nitrogen and oxygen atoms in total. The van der Waals surface area contributed by atoms with Crippen LogP contribution in [0.15, 0.2) is 41.6 Å². The number of pyridine rings is 1. The molecule has 3 rings (SSSR count). The van der Waals surface area contributed by atoms with Crippen LogP contribution in [0.25, 0.3) is 11.1 Å². The normalized spacial score (nSPS) is 11.6. The number of aromatic nitrogens is 1. The van der Waals surface area contributed by atoms with Gasteiger partial charge < -0.3 is 4.74 Å². The molecule has 0 unspecified atom stereocenters. The minimum Gasteiger partial charge on any atom is -0.465 e. The number of methoxy groups -OCH3 is 1. The molecule has 2 aromatic rings. The Balaban J connectivity index is 0.000000847. The van der Waals surface area contributed by atoms with Gasteiger partial charge >= 0.3 is 5.97 Å². The maximum atomic E-state index is 11.6. The molecular formula is C17H19N3O2. The van der Waals surface area contributed by atoms with Crippen molar-refractivity contribution in [2.24, 2.45) is 5.10 Å². The highest BCUT2D eigenvalue weighted by Gasteiger charge is 2.11. The monoisotopic (exact) mass is 297 g/mol. The molecule has 0 saturated heterocycles. The number of benzene rings is 1. The van der Waals surface area contributed by atoms with E-state index in [0.29, 0.717) is 5.56 Å². The van der Waals surface area contributed by atoms with Crippen molar-refractivity contribution in [2.75, 3.05) is 12.5 Å². The molecule has 1 N–H and O–H groups in total. The van der Waals surface area contributed by atoms with Crippen LogP contribution in [0.4, 0.5) is 5.82 Å². The van der Waals surface area contributed by atoms with Crippen LogP contribution in [0.1, 0.15) is 29.8 Å². The lowest BCUT2D eigenvalue weighted by Crippen LogP contribution is -2.05. The minimum absolute atomic E-state index is 0.341. The molecule has 0 aliphatic carbocycles. The lowest BCUT2D eigenvalue weighted by molar-refractivity contribution is 0.0601. The van der Waals surface area contributed by atoms with Gasteiger partial charge in [-0.2, -0.15) is 5.10 Å². The Morgan fingerprint density at radius 1 is 1.23 bits per heavy atom. The first-order valence-electron chi connectivity index (χ1n) is 7.23. The van der Waals surface area contributed by atoms with Crippen LogP contribution in [0.3, 0.4) is 0 Å². The zero-order chi connectivity index (χ0) is 15.9. The van der Waals surface area contributed by atoms with Crippen molar-refractivity contribution < 1.29 is 9.53 Å². The van der Waals surface area contributed by atoms with Crippen LogP contribution in [0.2, 0.25) is 0 Å². The molecule has 0 radical (unpaired) electrons. The summed E-state index contributed by atoms with van der Waals surface area (Å²) in [6, 6.07) is 9.37. The summed E-state index contributed by atoms with van der Waals surface area (Å²) in [6.07, 6.45) is 4.32. The fourth-order valence-electron chi connectivity index (χ4n) is 2.12. The van der Waals surface area contributed by atoms with E-state index >= 15 is 0 Å². The molecule has 114 valence electrons. The summed E-state index contributed by atoms with van der Waals surface area (Å²) < 4.78 is 4.74. The number of anilines is 1. The molecule has 0 atom stereocenters. The number of fused-ring (bicyclic) bond motifs is 1. The van der Waals surface area contributed by atoms with Crippen molar-refractivity contribution in [3.63, 3.8) is 0 Å². The van der Waals surface area contributed by atoms with Crippen molar-refractivity contribution in [3.05, 3.63) is 47.7 Å². The van der Waals surface area contributed by atoms with Gasteiger partial charge in [-0.05, 0) is 23.8 Å². The predicted octanol–water partition coefficient (Wildman–Crippen LogP) is 3.52. The summed E-state index contributed by atoms with van der Waals surface area (Å²) >= 11 is 0. The summed E-state index contributed by atoms with van der Waals surface area (Å²) in [7, 11) is 1.38. The molecule has 2 heterocycles. The van der Waals surface area contributed by atoms with Crippen LogP contribution >= 0.6 is 0 Å². The zero-order valence-corrected chi connectivity index (χ0v) is 13.0. The highest BCUT2D eigenvalue weighted by molar-refractivity contribution is 5.91. The maximum Gasteiger partial charge on any atom is 0.337 e. The summed E-state index contributed by atoms with van der Waals surface area (Å²) in [4.78, 5) is 15.9. The molecule has 1 aliphatic heterocycles. The molecular weight excluding hydrogens is 278 g/mol. The first-order valence-corrected chi connectivity index (χ1v) is 7.23. The number of hydrazone groups is 1. The fraction of sp³-hybridized carbons (Fsp3) is 0.235. The second-order valence-electron chi connectivity index (χ2n) is 4.43. The van der Waals surface area contributed by atoms with Gasteiger partial charge in [-0.1, -0.05) is 26.0 Å². The molecule has 0 amide bonds. The molecule has 0 bridgehead atoms. The van der Waals surface area contributed by atoms with Gasteiger partial charge in [0.1, 0.15) is 5.82 Å². The largest absolute Gasteiger partial charge is 0.465 e. The number of carbonyl (C=O) groups is 1. The van der Waals surface area contributed by atoms with E-state index in [0.717, 1.165) is 28.9 Å². The SMILES string of the molecule is CC.COC(=O)c1cccc(-c2cnc3c(c2)CC=NN3)c1. The van der Waals surface area contributed by atoms with Gasteiger partial charge in [-0.3, -0.25) is 5.43 Å². The second kappa shape index (κ2) is 7.36. The van der Waals surface area contributed by atoms with Crippen LogP contribution < -0.4 is 5.43 Å². The fourth-order valence-corrected chi connectivity index (χ4v) is 2.12. The quantitative estimate of drug-likeness (QED) is 0.861. The number of hydrogen-bond donors (Lipinski definition) is 1. The molecule has 22 heavy (non-hydrogen) atoms. The lowest BCUT2D eigenvalue weighted by atomic mass is 10.0. The van der Waals surface area contributed by atoms with E-state index in [2.05, 4.69) is 21.6 Å². The number of nitrogens with zero attached hydrogens (tertiary/aromatic N) is 2. The van der Waals surface area contributed by atoms with E-state index in [1.807, 2.05) is 26.0 Å². The smallest absolute Gasteiger partial charge is 0.337 e. The number of rotatable bonds is 2. The number of ether oxygens (including phenoxy) is 1. The molecule has 5 heteroatoms. The average Bonchev–Trinajstić information content (AvgIpc) is 2.62. The number of esters is 1. The van der Waals surface area contributed by atoms with Gasteiger partial charge in [0.2, 0.25) is 0 Å². The summed E-state index contributed by atoms with van der Waals surface area (Å²) in [5.74, 6) is 0.437. The molecule has 1 aliphatic rings. The Morgan fingerprint density at radius 3 is 2.82 bits per heavy atom. The van der Waals surface area contributed by atoms with Crippen LogP contribution in [-0.2, 0) is 11.2 Å².